The van der Waals surface area contributed by atoms with E-state index in [1.807, 2.05) is 6.92 Å². The topological polar surface area (TPSA) is 26.3 Å². The molecule has 2 nitrogen and oxygen atoms in total. The molecule has 0 bridgehead atoms. The summed E-state index contributed by atoms with van der Waals surface area (Å²) in [6.07, 6.45) is 0.836. The number of esters is 1. The number of hydrogen-bond donors (Lipinski definition) is 0. The van der Waals surface area contributed by atoms with Crippen molar-refractivity contribution in [3.63, 3.8) is 0 Å². The molecule has 0 N–H and O–H groups in total. The van der Waals surface area contributed by atoms with E-state index < -0.39 is 0 Å². The Labute approximate surface area is 89.1 Å². The van der Waals surface area contributed by atoms with E-state index >= 15 is 0 Å². The zero-order valence-electron chi connectivity index (χ0n) is 9.00. The van der Waals surface area contributed by atoms with Gasteiger partial charge < -0.3 is 4.74 Å². The summed E-state index contributed by atoms with van der Waals surface area (Å²) >= 11 is 0. The Hall–Kier alpha value is -1.38. The van der Waals surface area contributed by atoms with Crippen LogP contribution in [0, 0.1) is 5.82 Å². The first kappa shape index (κ1) is 11.7. The first-order chi connectivity index (χ1) is 7.11. The first-order valence-corrected chi connectivity index (χ1v) is 5.05. The molecule has 1 rings (SSSR count). The fraction of sp³-hybridized carbons (Fsp3) is 0.417. The molecule has 0 radical (unpaired) electrons. The van der Waals surface area contributed by atoms with Crippen molar-refractivity contribution in [1.29, 1.82) is 0 Å². The Morgan fingerprint density at radius 3 is 2.53 bits per heavy atom. The lowest BCUT2D eigenvalue weighted by Crippen LogP contribution is -2.16. The smallest absolute Gasteiger partial charge is 0.305 e. The molecule has 1 unspecified atom stereocenters. The third kappa shape index (κ3) is 4.11. The van der Waals surface area contributed by atoms with Crippen LogP contribution < -0.4 is 0 Å². The third-order valence-electron chi connectivity index (χ3n) is 2.06. The number of halogens is 1. The number of carbonyl (C=O) groups excluding carboxylic acids is 1. The standard InChI is InChI=1S/C12H15FO2/c1-3-12(14)15-9(2)8-10-4-6-11(13)7-5-10/h4-7,9H,3,8H2,1-2H3. The summed E-state index contributed by atoms with van der Waals surface area (Å²) in [5, 5.41) is 0. The van der Waals surface area contributed by atoms with Gasteiger partial charge in [-0.15, -0.1) is 0 Å². The molecule has 0 aliphatic heterocycles. The SMILES string of the molecule is CCC(=O)OC(C)Cc1ccc(F)cc1. The predicted octanol–water partition coefficient (Wildman–Crippen LogP) is 2.71. The van der Waals surface area contributed by atoms with Crippen molar-refractivity contribution in [3.05, 3.63) is 35.6 Å². The van der Waals surface area contributed by atoms with E-state index in [0.717, 1.165) is 5.56 Å². The van der Waals surface area contributed by atoms with Crippen LogP contribution in [0.15, 0.2) is 24.3 Å². The first-order valence-electron chi connectivity index (χ1n) is 5.05. The van der Waals surface area contributed by atoms with Gasteiger partial charge in [0.15, 0.2) is 0 Å². The fourth-order valence-corrected chi connectivity index (χ4v) is 1.30. The molecule has 82 valence electrons. The molecule has 1 atom stereocenters. The predicted molar refractivity (Wildman–Crippen MR) is 55.9 cm³/mol. The summed E-state index contributed by atoms with van der Waals surface area (Å²) in [7, 11) is 0. The summed E-state index contributed by atoms with van der Waals surface area (Å²) in [4.78, 5) is 11.0. The highest BCUT2D eigenvalue weighted by atomic mass is 19.1. The van der Waals surface area contributed by atoms with Gasteiger partial charge in [-0.1, -0.05) is 19.1 Å². The maximum absolute atomic E-state index is 12.6. The zero-order valence-corrected chi connectivity index (χ0v) is 9.00. The minimum atomic E-state index is -0.253. The van der Waals surface area contributed by atoms with Crippen LogP contribution in [-0.2, 0) is 16.0 Å². The van der Waals surface area contributed by atoms with Gasteiger partial charge in [0.1, 0.15) is 11.9 Å². The molecule has 1 aromatic rings. The molecule has 0 fully saturated rings. The Balaban J connectivity index is 2.47. The fourth-order valence-electron chi connectivity index (χ4n) is 1.30. The van der Waals surface area contributed by atoms with Crippen LogP contribution in [0.4, 0.5) is 4.39 Å². The zero-order chi connectivity index (χ0) is 11.3. The van der Waals surface area contributed by atoms with Gasteiger partial charge in [-0.3, -0.25) is 4.79 Å². The Morgan fingerprint density at radius 2 is 2.00 bits per heavy atom. The molecule has 0 aliphatic carbocycles. The molecular formula is C12H15FO2. The number of benzene rings is 1. The van der Waals surface area contributed by atoms with Crippen molar-refractivity contribution in [2.45, 2.75) is 32.8 Å². The second-order valence-electron chi connectivity index (χ2n) is 3.48. The Kier molecular flexibility index (Phi) is 4.28. The molecule has 0 saturated heterocycles. The highest BCUT2D eigenvalue weighted by Gasteiger charge is 2.08. The van der Waals surface area contributed by atoms with Crippen LogP contribution >= 0.6 is 0 Å². The van der Waals surface area contributed by atoms with Crippen molar-refractivity contribution in [2.24, 2.45) is 0 Å². The van der Waals surface area contributed by atoms with Crippen LogP contribution in [-0.4, -0.2) is 12.1 Å². The van der Waals surface area contributed by atoms with Gasteiger partial charge in [0.25, 0.3) is 0 Å². The second kappa shape index (κ2) is 5.49. The van der Waals surface area contributed by atoms with Crippen molar-refractivity contribution >= 4 is 5.97 Å². The van der Waals surface area contributed by atoms with Crippen LogP contribution in [0.25, 0.3) is 0 Å². The van der Waals surface area contributed by atoms with Gasteiger partial charge in [-0.05, 0) is 24.6 Å². The molecule has 0 heterocycles. The Bertz CT molecular complexity index is 319. The normalized spacial score (nSPS) is 12.2. The van der Waals surface area contributed by atoms with Gasteiger partial charge in [-0.25, -0.2) is 4.39 Å². The number of hydrogen-bond acceptors (Lipinski definition) is 2. The van der Waals surface area contributed by atoms with Crippen LogP contribution in [0.2, 0.25) is 0 Å². The number of ether oxygens (including phenoxy) is 1. The van der Waals surface area contributed by atoms with Crippen LogP contribution in [0.3, 0.4) is 0 Å². The summed E-state index contributed by atoms with van der Waals surface area (Å²) < 4.78 is 17.7. The van der Waals surface area contributed by atoms with Crippen molar-refractivity contribution in [2.75, 3.05) is 0 Å². The van der Waals surface area contributed by atoms with E-state index in [4.69, 9.17) is 4.74 Å². The minimum Gasteiger partial charge on any atom is -0.462 e. The highest BCUT2D eigenvalue weighted by Crippen LogP contribution is 2.08. The quantitative estimate of drug-likeness (QED) is 0.714. The maximum Gasteiger partial charge on any atom is 0.305 e. The van der Waals surface area contributed by atoms with Gasteiger partial charge in [0.05, 0.1) is 0 Å². The largest absolute Gasteiger partial charge is 0.462 e. The second-order valence-corrected chi connectivity index (χ2v) is 3.48. The monoisotopic (exact) mass is 210 g/mol. The molecule has 3 heteroatoms. The molecule has 0 aromatic heterocycles. The van der Waals surface area contributed by atoms with E-state index in [1.54, 1.807) is 19.1 Å². The van der Waals surface area contributed by atoms with Crippen LogP contribution in [0.5, 0.6) is 0 Å². The maximum atomic E-state index is 12.6. The third-order valence-corrected chi connectivity index (χ3v) is 2.06. The summed E-state index contributed by atoms with van der Waals surface area (Å²) in [6.45, 7) is 3.59. The summed E-state index contributed by atoms with van der Waals surface area (Å²) in [5.41, 5.74) is 0.966. The van der Waals surface area contributed by atoms with Gasteiger partial charge in [0, 0.05) is 12.8 Å². The average molecular weight is 210 g/mol. The van der Waals surface area contributed by atoms with Crippen molar-refractivity contribution in [1.82, 2.24) is 0 Å². The highest BCUT2D eigenvalue weighted by molar-refractivity contribution is 5.69. The molecule has 0 aliphatic rings. The lowest BCUT2D eigenvalue weighted by atomic mass is 10.1. The molecule has 15 heavy (non-hydrogen) atoms. The lowest BCUT2D eigenvalue weighted by Gasteiger charge is -2.12. The van der Waals surface area contributed by atoms with Crippen molar-refractivity contribution < 1.29 is 13.9 Å². The van der Waals surface area contributed by atoms with Gasteiger partial charge in [-0.2, -0.15) is 0 Å². The van der Waals surface area contributed by atoms with Gasteiger partial charge >= 0.3 is 5.97 Å². The molecule has 0 amide bonds. The molecular weight excluding hydrogens is 195 g/mol. The number of rotatable bonds is 4. The van der Waals surface area contributed by atoms with Crippen LogP contribution in [0.1, 0.15) is 25.8 Å². The van der Waals surface area contributed by atoms with E-state index in [-0.39, 0.29) is 17.9 Å². The molecule has 1 aromatic carbocycles. The van der Waals surface area contributed by atoms with E-state index in [0.29, 0.717) is 12.8 Å². The summed E-state index contributed by atoms with van der Waals surface area (Å²) in [5.74, 6) is -0.457. The molecule has 0 saturated carbocycles. The van der Waals surface area contributed by atoms with E-state index in [2.05, 4.69) is 0 Å². The Morgan fingerprint density at radius 1 is 1.40 bits per heavy atom. The summed E-state index contributed by atoms with van der Waals surface area (Å²) in [6, 6.07) is 6.21. The van der Waals surface area contributed by atoms with E-state index in [1.165, 1.54) is 12.1 Å². The minimum absolute atomic E-state index is 0.164. The average Bonchev–Trinajstić information content (AvgIpc) is 2.21. The molecule has 0 spiro atoms. The van der Waals surface area contributed by atoms with Crippen molar-refractivity contribution in [3.8, 4) is 0 Å². The van der Waals surface area contributed by atoms with Gasteiger partial charge in [0.2, 0.25) is 0 Å². The lowest BCUT2D eigenvalue weighted by molar-refractivity contribution is -0.147. The van der Waals surface area contributed by atoms with E-state index in [9.17, 15) is 9.18 Å². The number of carbonyl (C=O) groups is 1.